The zero-order valence-corrected chi connectivity index (χ0v) is 16.3. The number of hydrogen-bond acceptors (Lipinski definition) is 6. The topological polar surface area (TPSA) is 86.7 Å². The zero-order valence-electron chi connectivity index (χ0n) is 16.3. The summed E-state index contributed by atoms with van der Waals surface area (Å²) >= 11 is 0. The van der Waals surface area contributed by atoms with Crippen molar-refractivity contribution in [3.05, 3.63) is 30.6 Å². The van der Waals surface area contributed by atoms with Gasteiger partial charge < -0.3 is 9.80 Å². The molecule has 2 bridgehead atoms. The first kappa shape index (κ1) is 18.3. The molecule has 8 nitrogen and oxygen atoms in total. The third-order valence-corrected chi connectivity index (χ3v) is 6.80. The molecular formula is C21H25N5O3. The summed E-state index contributed by atoms with van der Waals surface area (Å²) in [6.45, 7) is 3.04. The summed E-state index contributed by atoms with van der Waals surface area (Å²) in [6, 6.07) is 1.79. The Balaban J connectivity index is 1.09. The minimum Gasteiger partial charge on any atom is -0.339 e. The second kappa shape index (κ2) is 7.24. The van der Waals surface area contributed by atoms with Gasteiger partial charge in [0, 0.05) is 51.5 Å². The van der Waals surface area contributed by atoms with Gasteiger partial charge in [-0.1, -0.05) is 12.2 Å². The highest BCUT2D eigenvalue weighted by atomic mass is 16.2. The van der Waals surface area contributed by atoms with Gasteiger partial charge in [0.15, 0.2) is 0 Å². The Bertz CT molecular complexity index is 819. The molecule has 1 aromatic heterocycles. The number of carbonyl (C=O) groups is 3. The first-order valence-electron chi connectivity index (χ1n) is 10.5. The van der Waals surface area contributed by atoms with Crippen LogP contribution in [0.15, 0.2) is 30.6 Å². The number of aromatic nitrogens is 2. The summed E-state index contributed by atoms with van der Waals surface area (Å²) < 4.78 is 0. The van der Waals surface area contributed by atoms with Gasteiger partial charge >= 0.3 is 0 Å². The van der Waals surface area contributed by atoms with Gasteiger partial charge in [-0.2, -0.15) is 0 Å². The predicted octanol–water partition coefficient (Wildman–Crippen LogP) is 0.712. The van der Waals surface area contributed by atoms with E-state index >= 15 is 0 Å². The lowest BCUT2D eigenvalue weighted by Gasteiger charge is -2.34. The lowest BCUT2D eigenvalue weighted by atomic mass is 9.85. The van der Waals surface area contributed by atoms with E-state index in [2.05, 4.69) is 27.0 Å². The van der Waals surface area contributed by atoms with E-state index in [0.29, 0.717) is 51.5 Å². The van der Waals surface area contributed by atoms with Crippen LogP contribution in [0.3, 0.4) is 0 Å². The van der Waals surface area contributed by atoms with Crippen LogP contribution in [0.25, 0.3) is 0 Å². The van der Waals surface area contributed by atoms with Crippen LogP contribution in [0.5, 0.6) is 0 Å². The first-order chi connectivity index (χ1) is 14.1. The van der Waals surface area contributed by atoms with Crippen molar-refractivity contribution >= 4 is 23.7 Å². The van der Waals surface area contributed by atoms with Gasteiger partial charge in [-0.15, -0.1) is 0 Å². The smallest absolute Gasteiger partial charge is 0.233 e. The largest absolute Gasteiger partial charge is 0.339 e. The van der Waals surface area contributed by atoms with E-state index in [1.54, 1.807) is 18.5 Å². The molecule has 3 heterocycles. The van der Waals surface area contributed by atoms with Crippen molar-refractivity contribution in [1.29, 1.82) is 0 Å². The highest BCUT2D eigenvalue weighted by Gasteiger charge is 2.58. The van der Waals surface area contributed by atoms with Gasteiger partial charge in [0.25, 0.3) is 0 Å². The molecule has 3 fully saturated rings. The Kier molecular flexibility index (Phi) is 4.56. The second-order valence-electron chi connectivity index (χ2n) is 8.35. The van der Waals surface area contributed by atoms with Crippen LogP contribution in [0, 0.1) is 23.7 Å². The molecule has 0 radical (unpaired) electrons. The Morgan fingerprint density at radius 3 is 2.21 bits per heavy atom. The van der Waals surface area contributed by atoms with E-state index in [9.17, 15) is 14.4 Å². The number of imide groups is 1. The Morgan fingerprint density at radius 2 is 1.59 bits per heavy atom. The highest BCUT2D eigenvalue weighted by molar-refractivity contribution is 6.06. The third-order valence-electron chi connectivity index (χ3n) is 6.80. The van der Waals surface area contributed by atoms with Crippen molar-refractivity contribution in [2.75, 3.05) is 37.6 Å². The van der Waals surface area contributed by atoms with Crippen molar-refractivity contribution in [1.82, 2.24) is 19.8 Å². The lowest BCUT2D eigenvalue weighted by Crippen LogP contribution is -2.49. The molecular weight excluding hydrogens is 370 g/mol. The summed E-state index contributed by atoms with van der Waals surface area (Å²) in [5.41, 5.74) is 0. The standard InChI is InChI=1S/C21H25N5O3/c27-16(24-9-11-25(12-10-24)21-22-6-2-7-23-21)3-1-8-26-19(28)17-14-4-5-15(13-14)18(17)20(26)29/h2,4-7,14-15,17-18H,1,3,8-13H2. The van der Waals surface area contributed by atoms with Crippen molar-refractivity contribution in [2.45, 2.75) is 19.3 Å². The molecule has 2 aliphatic heterocycles. The molecule has 8 heteroatoms. The van der Waals surface area contributed by atoms with Crippen LogP contribution >= 0.6 is 0 Å². The fourth-order valence-corrected chi connectivity index (χ4v) is 5.34. The van der Waals surface area contributed by atoms with Gasteiger partial charge in [0.1, 0.15) is 0 Å². The molecule has 152 valence electrons. The number of allylic oxidation sites excluding steroid dienone is 2. The Labute approximate surface area is 169 Å². The number of piperazine rings is 1. The fraction of sp³-hybridized carbons (Fsp3) is 0.571. The zero-order chi connectivity index (χ0) is 20.0. The molecule has 3 amide bonds. The number of nitrogens with zero attached hydrogens (tertiary/aromatic N) is 5. The van der Waals surface area contributed by atoms with Crippen molar-refractivity contribution in [3.8, 4) is 0 Å². The van der Waals surface area contributed by atoms with Crippen LogP contribution in [-0.4, -0.2) is 70.2 Å². The van der Waals surface area contributed by atoms with Gasteiger partial charge in [-0.25, -0.2) is 9.97 Å². The van der Waals surface area contributed by atoms with Crippen molar-refractivity contribution in [2.24, 2.45) is 23.7 Å². The van der Waals surface area contributed by atoms with Gasteiger partial charge in [0.2, 0.25) is 23.7 Å². The highest BCUT2D eigenvalue weighted by Crippen LogP contribution is 2.52. The molecule has 0 aromatic carbocycles. The first-order valence-corrected chi connectivity index (χ1v) is 10.5. The maximum absolute atomic E-state index is 12.7. The van der Waals surface area contributed by atoms with E-state index in [4.69, 9.17) is 0 Å². The normalized spacial score (nSPS) is 30.4. The van der Waals surface area contributed by atoms with Crippen molar-refractivity contribution in [3.63, 3.8) is 0 Å². The average molecular weight is 395 g/mol. The quantitative estimate of drug-likeness (QED) is 0.539. The van der Waals surface area contributed by atoms with Gasteiger partial charge in [0.05, 0.1) is 11.8 Å². The van der Waals surface area contributed by atoms with Crippen LogP contribution in [0.1, 0.15) is 19.3 Å². The van der Waals surface area contributed by atoms with E-state index in [1.807, 2.05) is 4.90 Å². The summed E-state index contributed by atoms with van der Waals surface area (Å²) in [5.74, 6) is 0.889. The van der Waals surface area contributed by atoms with Crippen LogP contribution in [0.2, 0.25) is 0 Å². The molecule has 0 spiro atoms. The Morgan fingerprint density at radius 1 is 0.966 bits per heavy atom. The van der Waals surface area contributed by atoms with E-state index in [0.717, 1.165) is 6.42 Å². The van der Waals surface area contributed by atoms with Crippen LogP contribution < -0.4 is 4.90 Å². The average Bonchev–Trinajstić information content (AvgIpc) is 3.44. The lowest BCUT2D eigenvalue weighted by molar-refractivity contribution is -0.141. The molecule has 1 aromatic rings. The fourth-order valence-electron chi connectivity index (χ4n) is 5.34. The SMILES string of the molecule is O=C(CCCN1C(=O)C2C3C=CC(C3)C2C1=O)N1CCN(c2ncccn2)CC1. The molecule has 4 unspecified atom stereocenters. The van der Waals surface area contributed by atoms with Gasteiger partial charge in [-0.05, 0) is 30.7 Å². The molecule has 4 atom stereocenters. The van der Waals surface area contributed by atoms with Crippen LogP contribution in [0.4, 0.5) is 5.95 Å². The summed E-state index contributed by atoms with van der Waals surface area (Å²) in [7, 11) is 0. The molecule has 4 aliphatic rings. The van der Waals surface area contributed by atoms with E-state index in [-0.39, 0.29) is 41.4 Å². The summed E-state index contributed by atoms with van der Waals surface area (Å²) in [6.07, 6.45) is 9.47. The number of rotatable bonds is 5. The molecule has 5 rings (SSSR count). The minimum atomic E-state index is -0.151. The van der Waals surface area contributed by atoms with Gasteiger partial charge in [-0.3, -0.25) is 19.3 Å². The number of carbonyl (C=O) groups excluding carboxylic acids is 3. The van der Waals surface area contributed by atoms with E-state index in [1.165, 1.54) is 4.90 Å². The molecule has 0 N–H and O–H groups in total. The second-order valence-corrected chi connectivity index (χ2v) is 8.35. The summed E-state index contributed by atoms with van der Waals surface area (Å²) in [4.78, 5) is 51.8. The number of fused-ring (bicyclic) bond motifs is 5. The number of amides is 3. The number of likely N-dealkylation sites (tertiary alicyclic amines) is 1. The predicted molar refractivity (Wildman–Crippen MR) is 104 cm³/mol. The van der Waals surface area contributed by atoms with Crippen molar-refractivity contribution < 1.29 is 14.4 Å². The molecule has 29 heavy (non-hydrogen) atoms. The number of anilines is 1. The monoisotopic (exact) mass is 395 g/mol. The minimum absolute atomic E-state index is 0.0271. The van der Waals surface area contributed by atoms with Crippen LogP contribution in [-0.2, 0) is 14.4 Å². The maximum Gasteiger partial charge on any atom is 0.233 e. The molecule has 2 saturated heterocycles. The maximum atomic E-state index is 12.7. The molecule has 2 aliphatic carbocycles. The van der Waals surface area contributed by atoms with E-state index < -0.39 is 0 Å². The third kappa shape index (κ3) is 3.10. The summed E-state index contributed by atoms with van der Waals surface area (Å²) in [5, 5.41) is 0. The number of hydrogen-bond donors (Lipinski definition) is 0. The Hall–Kier alpha value is -2.77. The molecule has 1 saturated carbocycles.